The molecule has 0 unspecified atom stereocenters. The van der Waals surface area contributed by atoms with E-state index in [4.69, 9.17) is 4.98 Å². The molecule has 0 aliphatic carbocycles. The van der Waals surface area contributed by atoms with Crippen molar-refractivity contribution in [1.82, 2.24) is 4.98 Å². The molecule has 0 bridgehead atoms. The van der Waals surface area contributed by atoms with Crippen molar-refractivity contribution >= 4 is 0 Å². The Hall–Kier alpha value is -2.41. The second-order valence-electron chi connectivity index (χ2n) is 9.51. The summed E-state index contributed by atoms with van der Waals surface area (Å²) in [5.41, 5.74) is 7.63. The Kier molecular flexibility index (Phi) is 11.2. The van der Waals surface area contributed by atoms with Gasteiger partial charge in [-0.15, -0.1) is 0 Å². The number of aryl methyl sites for hydroxylation is 2. The predicted octanol–water partition coefficient (Wildman–Crippen LogP) is 9.83. The van der Waals surface area contributed by atoms with Crippen LogP contribution in [-0.2, 0) is 12.8 Å². The fourth-order valence-corrected chi connectivity index (χ4v) is 4.48. The van der Waals surface area contributed by atoms with Crippen LogP contribution in [0.15, 0.2) is 66.9 Å². The number of pyridine rings is 1. The van der Waals surface area contributed by atoms with Crippen molar-refractivity contribution in [3.05, 3.63) is 78.0 Å². The van der Waals surface area contributed by atoms with Crippen LogP contribution >= 0.6 is 0 Å². The molecular formula is C32H43N. The molecule has 0 N–H and O–H groups in total. The predicted molar refractivity (Wildman–Crippen MR) is 145 cm³/mol. The lowest BCUT2D eigenvalue weighted by Gasteiger charge is -2.07. The minimum Gasteiger partial charge on any atom is -0.256 e. The fourth-order valence-electron chi connectivity index (χ4n) is 4.48. The van der Waals surface area contributed by atoms with Crippen LogP contribution < -0.4 is 0 Å². The molecule has 1 heterocycles. The minimum atomic E-state index is 1.06. The lowest BCUT2D eigenvalue weighted by molar-refractivity contribution is 0.607. The molecule has 1 nitrogen and oxygen atoms in total. The highest BCUT2D eigenvalue weighted by Gasteiger charge is 2.03. The van der Waals surface area contributed by atoms with E-state index in [0.717, 1.165) is 12.1 Å². The highest BCUT2D eigenvalue weighted by atomic mass is 14.7. The standard InChI is InChI=1S/C32H43N/c1-3-5-7-9-11-13-15-28-18-25-32(33-26-28)31-23-21-30(22-24-31)29-19-16-27(17-20-29)14-12-10-8-6-4-2/h16-26H,3-15H2,1-2H3. The Bertz CT molecular complexity index is 891. The monoisotopic (exact) mass is 441 g/mol. The van der Waals surface area contributed by atoms with Crippen molar-refractivity contribution in [2.24, 2.45) is 0 Å². The number of unbranched alkanes of at least 4 members (excludes halogenated alkanes) is 9. The van der Waals surface area contributed by atoms with E-state index in [2.05, 4.69) is 80.7 Å². The van der Waals surface area contributed by atoms with Crippen molar-refractivity contribution in [3.8, 4) is 22.4 Å². The van der Waals surface area contributed by atoms with Gasteiger partial charge in [0.2, 0.25) is 0 Å². The molecule has 1 aromatic heterocycles. The average Bonchev–Trinajstić information content (AvgIpc) is 2.87. The Morgan fingerprint density at radius 3 is 1.45 bits per heavy atom. The second kappa shape index (κ2) is 14.7. The zero-order valence-corrected chi connectivity index (χ0v) is 21.0. The van der Waals surface area contributed by atoms with E-state index in [1.165, 1.54) is 105 Å². The Labute approximate surface area is 202 Å². The maximum atomic E-state index is 4.74. The summed E-state index contributed by atoms with van der Waals surface area (Å²) < 4.78 is 0. The van der Waals surface area contributed by atoms with Crippen molar-refractivity contribution in [2.45, 2.75) is 97.3 Å². The summed E-state index contributed by atoms with van der Waals surface area (Å²) in [4.78, 5) is 4.74. The van der Waals surface area contributed by atoms with Crippen LogP contribution in [0.1, 0.15) is 95.6 Å². The largest absolute Gasteiger partial charge is 0.256 e. The fraction of sp³-hybridized carbons (Fsp3) is 0.469. The van der Waals surface area contributed by atoms with Gasteiger partial charge in [-0.25, -0.2) is 0 Å². The van der Waals surface area contributed by atoms with Crippen LogP contribution in [-0.4, -0.2) is 4.98 Å². The molecule has 33 heavy (non-hydrogen) atoms. The van der Waals surface area contributed by atoms with Gasteiger partial charge >= 0.3 is 0 Å². The first-order valence-corrected chi connectivity index (χ1v) is 13.4. The van der Waals surface area contributed by atoms with Gasteiger partial charge < -0.3 is 0 Å². The van der Waals surface area contributed by atoms with Crippen LogP contribution in [0.3, 0.4) is 0 Å². The average molecular weight is 442 g/mol. The van der Waals surface area contributed by atoms with E-state index >= 15 is 0 Å². The first-order valence-electron chi connectivity index (χ1n) is 13.4. The maximum Gasteiger partial charge on any atom is 0.0702 e. The minimum absolute atomic E-state index is 1.06. The first kappa shape index (κ1) is 25.2. The van der Waals surface area contributed by atoms with Crippen molar-refractivity contribution in [1.29, 1.82) is 0 Å². The summed E-state index contributed by atoms with van der Waals surface area (Å²) in [6.45, 7) is 4.55. The molecule has 0 amide bonds. The topological polar surface area (TPSA) is 12.9 Å². The SMILES string of the molecule is CCCCCCCCc1ccc(-c2ccc(-c3ccc(CCCCCCC)cc3)cc2)nc1. The summed E-state index contributed by atoms with van der Waals surface area (Å²) >= 11 is 0. The van der Waals surface area contributed by atoms with E-state index in [1.807, 2.05) is 0 Å². The Morgan fingerprint density at radius 2 is 0.909 bits per heavy atom. The third-order valence-corrected chi connectivity index (χ3v) is 6.68. The second-order valence-corrected chi connectivity index (χ2v) is 9.51. The normalized spacial score (nSPS) is 11.1. The van der Waals surface area contributed by atoms with Gasteiger partial charge in [0.25, 0.3) is 0 Å². The van der Waals surface area contributed by atoms with E-state index < -0.39 is 0 Å². The number of hydrogen-bond donors (Lipinski definition) is 0. The molecule has 176 valence electrons. The molecular weight excluding hydrogens is 398 g/mol. The van der Waals surface area contributed by atoms with E-state index in [9.17, 15) is 0 Å². The van der Waals surface area contributed by atoms with E-state index in [0.29, 0.717) is 0 Å². The Balaban J connectivity index is 1.48. The van der Waals surface area contributed by atoms with Gasteiger partial charge in [0.05, 0.1) is 5.69 Å². The molecule has 1 heteroatoms. The Morgan fingerprint density at radius 1 is 0.455 bits per heavy atom. The number of rotatable bonds is 15. The van der Waals surface area contributed by atoms with Gasteiger partial charge in [0.15, 0.2) is 0 Å². The van der Waals surface area contributed by atoms with Gasteiger partial charge in [-0.3, -0.25) is 4.98 Å². The van der Waals surface area contributed by atoms with Crippen LogP contribution in [0.25, 0.3) is 22.4 Å². The molecule has 0 atom stereocenters. The van der Waals surface area contributed by atoms with Crippen LogP contribution in [0.2, 0.25) is 0 Å². The highest BCUT2D eigenvalue weighted by molar-refractivity contribution is 5.69. The lowest BCUT2D eigenvalue weighted by atomic mass is 9.99. The highest BCUT2D eigenvalue weighted by Crippen LogP contribution is 2.25. The number of aromatic nitrogens is 1. The van der Waals surface area contributed by atoms with Crippen LogP contribution in [0.5, 0.6) is 0 Å². The van der Waals surface area contributed by atoms with E-state index in [-0.39, 0.29) is 0 Å². The summed E-state index contributed by atoms with van der Waals surface area (Å²) in [6, 6.07) is 22.4. The van der Waals surface area contributed by atoms with Gasteiger partial charge in [0, 0.05) is 11.8 Å². The van der Waals surface area contributed by atoms with Crippen LogP contribution in [0, 0.1) is 0 Å². The van der Waals surface area contributed by atoms with Crippen molar-refractivity contribution in [2.75, 3.05) is 0 Å². The maximum absolute atomic E-state index is 4.74. The third-order valence-electron chi connectivity index (χ3n) is 6.68. The molecule has 0 aliphatic heterocycles. The van der Waals surface area contributed by atoms with Crippen molar-refractivity contribution in [3.63, 3.8) is 0 Å². The van der Waals surface area contributed by atoms with E-state index in [1.54, 1.807) is 0 Å². The van der Waals surface area contributed by atoms with Gasteiger partial charge in [-0.1, -0.05) is 126 Å². The molecule has 2 aromatic carbocycles. The summed E-state index contributed by atoms with van der Waals surface area (Å²) in [5, 5.41) is 0. The summed E-state index contributed by atoms with van der Waals surface area (Å²) in [5.74, 6) is 0. The number of benzene rings is 2. The first-order chi connectivity index (χ1) is 16.3. The molecule has 3 rings (SSSR count). The van der Waals surface area contributed by atoms with Gasteiger partial charge in [-0.2, -0.15) is 0 Å². The van der Waals surface area contributed by atoms with Crippen molar-refractivity contribution < 1.29 is 0 Å². The molecule has 0 saturated heterocycles. The zero-order valence-electron chi connectivity index (χ0n) is 21.0. The number of hydrogen-bond acceptors (Lipinski definition) is 1. The molecule has 0 fully saturated rings. The lowest BCUT2D eigenvalue weighted by Crippen LogP contribution is -1.90. The molecule has 3 aromatic rings. The molecule has 0 saturated carbocycles. The zero-order chi connectivity index (χ0) is 23.1. The molecule has 0 radical (unpaired) electrons. The quantitative estimate of drug-likeness (QED) is 0.214. The summed E-state index contributed by atoms with van der Waals surface area (Å²) in [6.07, 6.45) is 19.2. The van der Waals surface area contributed by atoms with Crippen LogP contribution in [0.4, 0.5) is 0 Å². The molecule has 0 spiro atoms. The molecule has 0 aliphatic rings. The smallest absolute Gasteiger partial charge is 0.0702 e. The summed E-state index contributed by atoms with van der Waals surface area (Å²) in [7, 11) is 0. The van der Waals surface area contributed by atoms with Gasteiger partial charge in [-0.05, 0) is 54.0 Å². The number of nitrogens with zero attached hydrogens (tertiary/aromatic N) is 1. The van der Waals surface area contributed by atoms with Gasteiger partial charge in [0.1, 0.15) is 0 Å². The third kappa shape index (κ3) is 8.80.